The molecule has 7 nitrogen and oxygen atoms in total. The molecule has 1 unspecified atom stereocenters. The molecule has 4 aromatic rings. The number of rotatable bonds is 9. The van der Waals surface area contributed by atoms with E-state index in [1.54, 1.807) is 41.9 Å². The molecule has 1 amide bonds. The van der Waals surface area contributed by atoms with Crippen molar-refractivity contribution < 1.29 is 36.3 Å². The van der Waals surface area contributed by atoms with Crippen LogP contribution in [0, 0.1) is 25.5 Å². The van der Waals surface area contributed by atoms with Gasteiger partial charge in [0.25, 0.3) is 11.5 Å². The fourth-order valence-electron chi connectivity index (χ4n) is 5.34. The Labute approximate surface area is 256 Å². The number of pyridine rings is 1. The van der Waals surface area contributed by atoms with Crippen molar-refractivity contribution >= 4 is 28.3 Å². The molecule has 3 aromatic carbocycles. The van der Waals surface area contributed by atoms with Crippen LogP contribution in [0.2, 0.25) is 0 Å². The molecular formula is C33H32F5N3O4. The molecule has 1 aromatic heterocycles. The van der Waals surface area contributed by atoms with Crippen LogP contribution in [0.25, 0.3) is 21.9 Å². The molecule has 0 aliphatic carbocycles. The Morgan fingerprint density at radius 1 is 0.978 bits per heavy atom. The number of esters is 1. The predicted octanol–water partition coefficient (Wildman–Crippen LogP) is 6.37. The van der Waals surface area contributed by atoms with E-state index in [-0.39, 0.29) is 12.0 Å². The van der Waals surface area contributed by atoms with Gasteiger partial charge in [0.2, 0.25) is 0 Å². The maximum atomic E-state index is 14.9. The maximum absolute atomic E-state index is 14.9. The van der Waals surface area contributed by atoms with Gasteiger partial charge in [-0.1, -0.05) is 43.3 Å². The van der Waals surface area contributed by atoms with E-state index >= 15 is 0 Å². The molecule has 0 spiro atoms. The summed E-state index contributed by atoms with van der Waals surface area (Å²) in [6.45, 7) is 4.93. The van der Waals surface area contributed by atoms with Gasteiger partial charge in [0, 0.05) is 24.8 Å². The molecular weight excluding hydrogens is 597 g/mol. The van der Waals surface area contributed by atoms with Gasteiger partial charge >= 0.3 is 12.1 Å². The number of fused-ring (bicyclic) bond motifs is 1. The smallest absolute Gasteiger partial charge is 0.408 e. The molecule has 0 radical (unpaired) electrons. The lowest BCUT2D eigenvalue weighted by Crippen LogP contribution is -2.43. The zero-order chi connectivity index (χ0) is 33.2. The van der Waals surface area contributed by atoms with E-state index in [9.17, 15) is 36.3 Å². The molecule has 4 rings (SSSR count). The maximum Gasteiger partial charge on any atom is 0.408 e. The molecule has 0 aliphatic heterocycles. The highest BCUT2D eigenvalue weighted by atomic mass is 19.4. The van der Waals surface area contributed by atoms with Gasteiger partial charge in [0.05, 0.1) is 12.7 Å². The Bertz CT molecular complexity index is 1810. The van der Waals surface area contributed by atoms with Crippen molar-refractivity contribution in [2.24, 2.45) is 7.05 Å². The number of aromatic nitrogens is 1. The second-order valence-corrected chi connectivity index (χ2v) is 10.7. The number of hydrogen-bond acceptors (Lipinski definition) is 5. The zero-order valence-electron chi connectivity index (χ0n) is 25.2. The van der Waals surface area contributed by atoms with Gasteiger partial charge in [-0.2, -0.15) is 13.2 Å². The summed E-state index contributed by atoms with van der Waals surface area (Å²) in [5, 5.41) is 5.71. The first-order valence-corrected chi connectivity index (χ1v) is 14.1. The van der Waals surface area contributed by atoms with Gasteiger partial charge in [-0.25, -0.2) is 13.6 Å². The molecule has 0 aliphatic rings. The Balaban J connectivity index is 1.68. The van der Waals surface area contributed by atoms with Crippen LogP contribution in [0.15, 0.2) is 59.4 Å². The number of ether oxygens (including phenoxy) is 1. The first-order valence-electron chi connectivity index (χ1n) is 14.1. The number of nitrogens with one attached hydrogen (secondary N) is 2. The highest BCUT2D eigenvalue weighted by molar-refractivity contribution is 6.00. The molecule has 45 heavy (non-hydrogen) atoms. The number of carbonyl (C=O) groups is 2. The normalized spacial score (nSPS) is 12.9. The number of nitrogens with zero attached hydrogens (tertiary/aromatic N) is 1. The molecule has 2 N–H and O–H groups in total. The van der Waals surface area contributed by atoms with Gasteiger partial charge in [0.1, 0.15) is 29.3 Å². The minimum absolute atomic E-state index is 0.142. The Morgan fingerprint density at radius 2 is 1.60 bits per heavy atom. The van der Waals surface area contributed by atoms with Crippen LogP contribution in [0.5, 0.6) is 0 Å². The van der Waals surface area contributed by atoms with Crippen molar-refractivity contribution in [3.05, 3.63) is 99.0 Å². The minimum atomic E-state index is -4.66. The van der Waals surface area contributed by atoms with E-state index in [0.717, 1.165) is 18.4 Å². The molecule has 0 saturated carbocycles. The van der Waals surface area contributed by atoms with Gasteiger partial charge < -0.3 is 19.9 Å². The van der Waals surface area contributed by atoms with Gasteiger partial charge in [-0.05, 0) is 65.9 Å². The quantitative estimate of drug-likeness (QED) is 0.166. The Hall–Kier alpha value is -4.74. The second-order valence-electron chi connectivity index (χ2n) is 10.7. The van der Waals surface area contributed by atoms with Crippen LogP contribution in [-0.2, 0) is 23.0 Å². The number of halogens is 5. The van der Waals surface area contributed by atoms with E-state index in [4.69, 9.17) is 4.74 Å². The fourth-order valence-corrected chi connectivity index (χ4v) is 5.34. The number of amides is 1. The van der Waals surface area contributed by atoms with Crippen LogP contribution in [-0.4, -0.2) is 41.8 Å². The molecule has 0 fully saturated rings. The van der Waals surface area contributed by atoms with Crippen molar-refractivity contribution in [1.82, 2.24) is 9.88 Å². The molecule has 1 heterocycles. The second kappa shape index (κ2) is 13.1. The summed E-state index contributed by atoms with van der Waals surface area (Å²) in [7, 11) is 2.77. The number of methoxy groups -OCH3 is 1. The van der Waals surface area contributed by atoms with Crippen LogP contribution < -0.4 is 16.2 Å². The molecule has 0 saturated heterocycles. The highest BCUT2D eigenvalue weighted by Crippen LogP contribution is 2.32. The monoisotopic (exact) mass is 629 g/mol. The first kappa shape index (κ1) is 33.2. The summed E-state index contributed by atoms with van der Waals surface area (Å²) < 4.78 is 75.7. The Kier molecular flexibility index (Phi) is 9.65. The third-order valence-corrected chi connectivity index (χ3v) is 7.78. The van der Waals surface area contributed by atoms with Crippen LogP contribution >= 0.6 is 0 Å². The summed E-state index contributed by atoms with van der Waals surface area (Å²) in [4.78, 5) is 39.0. The van der Waals surface area contributed by atoms with Crippen molar-refractivity contribution in [3.8, 4) is 11.1 Å². The van der Waals surface area contributed by atoms with E-state index in [0.29, 0.717) is 39.6 Å². The summed E-state index contributed by atoms with van der Waals surface area (Å²) in [5.41, 5.74) is 1.57. The van der Waals surface area contributed by atoms with Crippen molar-refractivity contribution in [3.63, 3.8) is 0 Å². The summed E-state index contributed by atoms with van der Waals surface area (Å²) in [6.07, 6.45) is -5.20. The summed E-state index contributed by atoms with van der Waals surface area (Å²) >= 11 is 0. The average Bonchev–Trinajstić information content (AvgIpc) is 2.97. The Morgan fingerprint density at radius 3 is 2.18 bits per heavy atom. The number of benzene rings is 3. The van der Waals surface area contributed by atoms with Gasteiger partial charge in [0.15, 0.2) is 0 Å². The molecule has 0 bridgehead atoms. The number of carbonyl (C=O) groups excluding carboxylic acids is 2. The van der Waals surface area contributed by atoms with Crippen molar-refractivity contribution in [2.75, 3.05) is 12.4 Å². The number of aryl methyl sites for hydroxylation is 2. The summed E-state index contributed by atoms with van der Waals surface area (Å²) in [6, 6.07) is 10.2. The zero-order valence-corrected chi connectivity index (χ0v) is 25.2. The standard InChI is InChI=1S/C33H32F5N3O4/c1-6-27(33(36,37)38)39-20-15-24(34)29(25(35)16-20)30(42)40-26(32(44)45-5)14-19-11-12-23(22-10-8-7-9-21(19)22)28-17(2)13-18(3)41(4)31(28)43/h7-13,15-16,26-27,39H,6,14H2,1-5H3,(H,40,42)/t26?,27-/m1/s1. The van der Waals surface area contributed by atoms with E-state index < -0.39 is 59.4 Å². The summed E-state index contributed by atoms with van der Waals surface area (Å²) in [5.74, 6) is -5.02. The lowest BCUT2D eigenvalue weighted by Gasteiger charge is -2.22. The molecule has 12 heteroatoms. The van der Waals surface area contributed by atoms with Gasteiger partial charge in [-0.15, -0.1) is 0 Å². The minimum Gasteiger partial charge on any atom is -0.467 e. The number of alkyl halides is 3. The number of hydrogen-bond donors (Lipinski definition) is 2. The predicted molar refractivity (Wildman–Crippen MR) is 161 cm³/mol. The van der Waals surface area contributed by atoms with Crippen LogP contribution in [0.1, 0.15) is 40.5 Å². The van der Waals surface area contributed by atoms with E-state index in [2.05, 4.69) is 5.32 Å². The molecule has 2 atom stereocenters. The molecule has 238 valence electrons. The fraction of sp³-hybridized carbons (Fsp3) is 0.303. The van der Waals surface area contributed by atoms with Gasteiger partial charge in [-0.3, -0.25) is 9.59 Å². The van der Waals surface area contributed by atoms with E-state index in [1.165, 1.54) is 6.92 Å². The lowest BCUT2D eigenvalue weighted by molar-refractivity contribution is -0.143. The van der Waals surface area contributed by atoms with Crippen molar-refractivity contribution in [2.45, 2.75) is 51.9 Å². The SMILES string of the molecule is CC[C@@H](Nc1cc(F)c(C(=O)NC(Cc2ccc(-c3c(C)cc(C)n(C)c3=O)c3ccccc23)C(=O)OC)c(F)c1)C(F)(F)F. The topological polar surface area (TPSA) is 89.4 Å². The van der Waals surface area contributed by atoms with Crippen LogP contribution in [0.3, 0.4) is 0 Å². The lowest BCUT2D eigenvalue weighted by atomic mass is 9.91. The third-order valence-electron chi connectivity index (χ3n) is 7.78. The van der Waals surface area contributed by atoms with Crippen LogP contribution in [0.4, 0.5) is 27.6 Å². The third kappa shape index (κ3) is 6.84. The average molecular weight is 630 g/mol. The largest absolute Gasteiger partial charge is 0.467 e. The number of anilines is 1. The highest BCUT2D eigenvalue weighted by Gasteiger charge is 2.38. The first-order chi connectivity index (χ1) is 21.2. The van der Waals surface area contributed by atoms with Crippen molar-refractivity contribution in [1.29, 1.82) is 0 Å². The van der Waals surface area contributed by atoms with E-state index in [1.807, 2.05) is 31.3 Å².